The maximum absolute atomic E-state index is 11.7. The number of rotatable bonds is 5. The molecule has 0 fully saturated rings. The topological polar surface area (TPSA) is 78.4 Å². The van der Waals surface area contributed by atoms with Gasteiger partial charge in [0.15, 0.2) is 0 Å². The molecule has 0 atom stereocenters. The molecule has 21 heavy (non-hydrogen) atoms. The van der Waals surface area contributed by atoms with E-state index in [2.05, 4.69) is 10.6 Å². The van der Waals surface area contributed by atoms with E-state index in [0.717, 1.165) is 0 Å². The van der Waals surface area contributed by atoms with Crippen molar-refractivity contribution < 1.29 is 14.7 Å². The normalized spacial score (nSPS) is 9.90. The predicted molar refractivity (Wildman–Crippen MR) is 80.6 cm³/mol. The molecule has 0 aromatic heterocycles. The fraction of sp³-hybridized carbons (Fsp3) is 0.125. The highest BCUT2D eigenvalue weighted by Gasteiger charge is 2.09. The number of urea groups is 1. The molecule has 0 saturated heterocycles. The molecule has 2 aromatic carbocycles. The van der Waals surface area contributed by atoms with Crippen molar-refractivity contribution in [2.24, 2.45) is 0 Å². The molecule has 0 aliphatic rings. The zero-order valence-electron chi connectivity index (χ0n) is 11.4. The van der Waals surface area contributed by atoms with Crippen LogP contribution in [0.25, 0.3) is 0 Å². The minimum absolute atomic E-state index is 0.266. The third-order valence-corrected chi connectivity index (χ3v) is 2.96. The Bertz CT molecular complexity index is 626. The number of para-hydroxylation sites is 1. The highest BCUT2D eigenvalue weighted by atomic mass is 16.4. The number of anilines is 1. The van der Waals surface area contributed by atoms with Crippen molar-refractivity contribution in [3.05, 3.63) is 65.7 Å². The number of hydrogen-bond acceptors (Lipinski definition) is 2. The molecule has 3 N–H and O–H groups in total. The van der Waals surface area contributed by atoms with E-state index in [0.29, 0.717) is 24.2 Å². The van der Waals surface area contributed by atoms with Crippen LogP contribution in [0.3, 0.4) is 0 Å². The van der Waals surface area contributed by atoms with Crippen molar-refractivity contribution >= 4 is 17.7 Å². The molecule has 0 bridgehead atoms. The van der Waals surface area contributed by atoms with E-state index in [9.17, 15) is 9.59 Å². The summed E-state index contributed by atoms with van der Waals surface area (Å²) >= 11 is 0. The average Bonchev–Trinajstić information content (AvgIpc) is 2.48. The van der Waals surface area contributed by atoms with Gasteiger partial charge in [-0.05, 0) is 30.2 Å². The molecule has 0 heterocycles. The van der Waals surface area contributed by atoms with Gasteiger partial charge in [-0.2, -0.15) is 0 Å². The van der Waals surface area contributed by atoms with Crippen LogP contribution in [0, 0.1) is 0 Å². The van der Waals surface area contributed by atoms with Crippen molar-refractivity contribution in [2.75, 3.05) is 11.9 Å². The molecular weight excluding hydrogens is 268 g/mol. The van der Waals surface area contributed by atoms with Gasteiger partial charge in [0.1, 0.15) is 0 Å². The Morgan fingerprint density at radius 1 is 0.952 bits per heavy atom. The van der Waals surface area contributed by atoms with Crippen molar-refractivity contribution in [2.45, 2.75) is 6.42 Å². The molecule has 0 radical (unpaired) electrons. The van der Waals surface area contributed by atoms with E-state index in [1.807, 2.05) is 18.2 Å². The van der Waals surface area contributed by atoms with Crippen LogP contribution in [-0.2, 0) is 6.42 Å². The number of carbonyl (C=O) groups excluding carboxylic acids is 1. The van der Waals surface area contributed by atoms with Crippen LogP contribution in [0.4, 0.5) is 10.5 Å². The van der Waals surface area contributed by atoms with Gasteiger partial charge in [0.2, 0.25) is 0 Å². The smallest absolute Gasteiger partial charge is 0.335 e. The Hall–Kier alpha value is -2.82. The first-order chi connectivity index (χ1) is 10.2. The van der Waals surface area contributed by atoms with Crippen molar-refractivity contribution in [3.8, 4) is 0 Å². The van der Waals surface area contributed by atoms with E-state index >= 15 is 0 Å². The Labute approximate surface area is 122 Å². The summed E-state index contributed by atoms with van der Waals surface area (Å²) in [5.74, 6) is -0.959. The first-order valence-corrected chi connectivity index (χ1v) is 6.58. The minimum atomic E-state index is -0.959. The van der Waals surface area contributed by atoms with E-state index in [1.54, 1.807) is 36.4 Å². The summed E-state index contributed by atoms with van der Waals surface area (Å²) in [5, 5.41) is 14.5. The Kier molecular flexibility index (Phi) is 4.93. The highest BCUT2D eigenvalue weighted by Crippen LogP contribution is 2.09. The van der Waals surface area contributed by atoms with Gasteiger partial charge in [0.05, 0.1) is 5.56 Å². The van der Waals surface area contributed by atoms with E-state index in [-0.39, 0.29) is 11.6 Å². The van der Waals surface area contributed by atoms with Crippen molar-refractivity contribution in [1.29, 1.82) is 0 Å². The summed E-state index contributed by atoms with van der Waals surface area (Å²) < 4.78 is 0. The van der Waals surface area contributed by atoms with E-state index in [4.69, 9.17) is 5.11 Å². The average molecular weight is 284 g/mol. The standard InChI is InChI=1S/C16H16N2O3/c19-15(20)14-9-5-4-6-12(14)10-11-17-16(21)18-13-7-2-1-3-8-13/h1-9H,10-11H2,(H,19,20)(H2,17,18,21). The molecule has 0 unspecified atom stereocenters. The van der Waals surface area contributed by atoms with Crippen molar-refractivity contribution in [1.82, 2.24) is 5.32 Å². The molecule has 0 aliphatic carbocycles. The quantitative estimate of drug-likeness (QED) is 0.790. The molecule has 0 saturated carbocycles. The number of benzene rings is 2. The maximum Gasteiger partial charge on any atom is 0.335 e. The zero-order valence-corrected chi connectivity index (χ0v) is 11.4. The lowest BCUT2D eigenvalue weighted by Gasteiger charge is -2.09. The largest absolute Gasteiger partial charge is 0.478 e. The second-order valence-electron chi connectivity index (χ2n) is 4.46. The van der Waals surface area contributed by atoms with Gasteiger partial charge in [-0.25, -0.2) is 9.59 Å². The lowest BCUT2D eigenvalue weighted by Crippen LogP contribution is -2.30. The van der Waals surface area contributed by atoms with Crippen LogP contribution in [-0.4, -0.2) is 23.7 Å². The number of carbonyl (C=O) groups is 2. The van der Waals surface area contributed by atoms with Crippen molar-refractivity contribution in [3.63, 3.8) is 0 Å². The monoisotopic (exact) mass is 284 g/mol. The summed E-state index contributed by atoms with van der Waals surface area (Å²) in [5.41, 5.74) is 1.67. The minimum Gasteiger partial charge on any atom is -0.478 e. The van der Waals surface area contributed by atoms with Gasteiger partial charge >= 0.3 is 12.0 Å². The Morgan fingerprint density at radius 3 is 2.33 bits per heavy atom. The van der Waals surface area contributed by atoms with Crippen LogP contribution in [0.5, 0.6) is 0 Å². The Morgan fingerprint density at radius 2 is 1.62 bits per heavy atom. The van der Waals surface area contributed by atoms with Gasteiger partial charge in [-0.15, -0.1) is 0 Å². The first-order valence-electron chi connectivity index (χ1n) is 6.58. The third-order valence-electron chi connectivity index (χ3n) is 2.96. The highest BCUT2D eigenvalue weighted by molar-refractivity contribution is 5.90. The summed E-state index contributed by atoms with van der Waals surface area (Å²) in [6.45, 7) is 0.364. The number of nitrogens with one attached hydrogen (secondary N) is 2. The summed E-state index contributed by atoms with van der Waals surface area (Å²) in [4.78, 5) is 22.7. The fourth-order valence-corrected chi connectivity index (χ4v) is 1.95. The number of carboxylic acids is 1. The molecule has 2 rings (SSSR count). The first kappa shape index (κ1) is 14.6. The Balaban J connectivity index is 1.84. The molecule has 0 aliphatic heterocycles. The van der Waals surface area contributed by atoms with Crippen LogP contribution in [0.1, 0.15) is 15.9 Å². The van der Waals surface area contributed by atoms with Gasteiger partial charge in [0, 0.05) is 12.2 Å². The summed E-state index contributed by atoms with van der Waals surface area (Å²) in [6, 6.07) is 15.6. The van der Waals surface area contributed by atoms with Gasteiger partial charge in [0.25, 0.3) is 0 Å². The number of carboxylic acid groups (broad SMARTS) is 1. The second kappa shape index (κ2) is 7.09. The number of hydrogen-bond donors (Lipinski definition) is 3. The lowest BCUT2D eigenvalue weighted by molar-refractivity contribution is 0.0695. The number of aromatic carboxylic acids is 1. The third kappa shape index (κ3) is 4.35. The van der Waals surface area contributed by atoms with Gasteiger partial charge in [-0.1, -0.05) is 36.4 Å². The molecule has 5 heteroatoms. The molecule has 108 valence electrons. The molecule has 2 amide bonds. The fourth-order valence-electron chi connectivity index (χ4n) is 1.95. The van der Waals surface area contributed by atoms with Crippen LogP contribution in [0.2, 0.25) is 0 Å². The lowest BCUT2D eigenvalue weighted by atomic mass is 10.0. The molecular formula is C16H16N2O3. The SMILES string of the molecule is O=C(NCCc1ccccc1C(=O)O)Nc1ccccc1. The van der Waals surface area contributed by atoms with E-state index in [1.165, 1.54) is 0 Å². The van der Waals surface area contributed by atoms with Crippen LogP contribution < -0.4 is 10.6 Å². The number of amides is 2. The maximum atomic E-state index is 11.7. The van der Waals surface area contributed by atoms with Gasteiger partial charge in [-0.3, -0.25) is 0 Å². The molecule has 2 aromatic rings. The second-order valence-corrected chi connectivity index (χ2v) is 4.46. The zero-order chi connectivity index (χ0) is 15.1. The van der Waals surface area contributed by atoms with E-state index < -0.39 is 5.97 Å². The predicted octanol–water partition coefficient (Wildman–Crippen LogP) is 2.75. The molecule has 5 nitrogen and oxygen atoms in total. The molecule has 0 spiro atoms. The van der Waals surface area contributed by atoms with Crippen LogP contribution >= 0.6 is 0 Å². The summed E-state index contributed by atoms with van der Waals surface area (Å²) in [7, 11) is 0. The van der Waals surface area contributed by atoms with Gasteiger partial charge < -0.3 is 15.7 Å². The van der Waals surface area contributed by atoms with Crippen LogP contribution in [0.15, 0.2) is 54.6 Å². The summed E-state index contributed by atoms with van der Waals surface area (Å²) in [6.07, 6.45) is 0.463.